The number of fused-ring (bicyclic) bond motifs is 1. The lowest BCUT2D eigenvalue weighted by Gasteiger charge is -2.26. The van der Waals surface area contributed by atoms with Crippen LogP contribution in [0, 0.1) is 0 Å². The van der Waals surface area contributed by atoms with Gasteiger partial charge in [-0.15, -0.1) is 11.3 Å². The number of aromatic nitrogens is 1. The lowest BCUT2D eigenvalue weighted by molar-refractivity contribution is 0.0520. The number of carbonyl (C=O) groups is 1. The van der Waals surface area contributed by atoms with Crippen LogP contribution in [0.15, 0.2) is 29.6 Å². The van der Waals surface area contributed by atoms with Gasteiger partial charge in [-0.1, -0.05) is 24.3 Å². The van der Waals surface area contributed by atoms with E-state index in [2.05, 4.69) is 34.6 Å². The fourth-order valence-corrected chi connectivity index (χ4v) is 3.43. The third-order valence-electron chi connectivity index (χ3n) is 3.66. The van der Waals surface area contributed by atoms with Gasteiger partial charge in [0.1, 0.15) is 0 Å². The molecule has 0 radical (unpaired) electrons. The number of benzene rings is 1. The maximum Gasteiger partial charge on any atom is 0.357 e. The Morgan fingerprint density at radius 1 is 1.48 bits per heavy atom. The van der Waals surface area contributed by atoms with Crippen LogP contribution in [0.5, 0.6) is 0 Å². The number of esters is 1. The molecule has 110 valence electrons. The normalized spacial score (nSPS) is 17.1. The molecule has 1 unspecified atom stereocenters. The predicted molar refractivity (Wildman–Crippen MR) is 83.8 cm³/mol. The summed E-state index contributed by atoms with van der Waals surface area (Å²) in [6.07, 6.45) is 3.40. The molecule has 0 amide bonds. The van der Waals surface area contributed by atoms with Crippen molar-refractivity contribution in [1.82, 2.24) is 4.98 Å². The molecule has 1 atom stereocenters. The van der Waals surface area contributed by atoms with Gasteiger partial charge in [-0.2, -0.15) is 0 Å². The fraction of sp³-hybridized carbons (Fsp3) is 0.375. The molecule has 21 heavy (non-hydrogen) atoms. The second kappa shape index (κ2) is 6.26. The maximum absolute atomic E-state index is 11.6. The third kappa shape index (κ3) is 3.08. The summed E-state index contributed by atoms with van der Waals surface area (Å²) in [6.45, 7) is 2.16. The van der Waals surface area contributed by atoms with Gasteiger partial charge in [-0.05, 0) is 37.3 Å². The van der Waals surface area contributed by atoms with E-state index in [0.29, 0.717) is 12.3 Å². The van der Waals surface area contributed by atoms with Crippen molar-refractivity contribution in [3.05, 3.63) is 46.5 Å². The first-order valence-electron chi connectivity index (χ1n) is 7.25. The number of nitrogens with zero attached hydrogens (tertiary/aromatic N) is 1. The number of rotatable bonds is 4. The highest BCUT2D eigenvalue weighted by molar-refractivity contribution is 7.13. The van der Waals surface area contributed by atoms with Crippen LogP contribution in [0.1, 0.15) is 47.4 Å². The molecule has 0 fully saturated rings. The van der Waals surface area contributed by atoms with E-state index in [1.54, 1.807) is 12.3 Å². The van der Waals surface area contributed by atoms with Gasteiger partial charge in [0.2, 0.25) is 0 Å². The summed E-state index contributed by atoms with van der Waals surface area (Å²) in [4.78, 5) is 16.0. The second-order valence-corrected chi connectivity index (χ2v) is 5.90. The van der Waals surface area contributed by atoms with E-state index in [-0.39, 0.29) is 12.0 Å². The maximum atomic E-state index is 11.6. The van der Waals surface area contributed by atoms with Crippen LogP contribution >= 0.6 is 11.3 Å². The Morgan fingerprint density at radius 3 is 3.19 bits per heavy atom. The summed E-state index contributed by atoms with van der Waals surface area (Å²) in [6, 6.07) is 8.80. The smallest absolute Gasteiger partial charge is 0.357 e. The zero-order valence-corrected chi connectivity index (χ0v) is 12.8. The SMILES string of the molecule is CCOC(=O)c1csc(NC2CCCc3ccccc32)n1. The van der Waals surface area contributed by atoms with Crippen LogP contribution in [0.25, 0.3) is 0 Å². The molecule has 2 aromatic rings. The molecule has 1 aliphatic carbocycles. The van der Waals surface area contributed by atoms with Gasteiger partial charge in [0, 0.05) is 5.38 Å². The standard InChI is InChI=1S/C16H18N2O2S/c1-2-20-15(19)14-10-21-16(18-14)17-13-9-5-7-11-6-3-4-8-12(11)13/h3-4,6,8,10,13H,2,5,7,9H2,1H3,(H,17,18). The first kappa shape index (κ1) is 14.1. The summed E-state index contributed by atoms with van der Waals surface area (Å²) in [5.41, 5.74) is 3.13. The van der Waals surface area contributed by atoms with Crippen LogP contribution in [-0.2, 0) is 11.2 Å². The number of thiazole rings is 1. The number of ether oxygens (including phenoxy) is 1. The molecule has 0 aliphatic heterocycles. The van der Waals surface area contributed by atoms with Gasteiger partial charge < -0.3 is 10.1 Å². The molecular weight excluding hydrogens is 284 g/mol. The molecule has 1 heterocycles. The van der Waals surface area contributed by atoms with Crippen LogP contribution in [0.4, 0.5) is 5.13 Å². The molecule has 0 saturated heterocycles. The lowest BCUT2D eigenvalue weighted by atomic mass is 9.88. The predicted octanol–water partition coefficient (Wildman–Crippen LogP) is 3.81. The van der Waals surface area contributed by atoms with Gasteiger partial charge >= 0.3 is 5.97 Å². The molecule has 1 aromatic heterocycles. The number of nitrogens with one attached hydrogen (secondary N) is 1. The van der Waals surface area contributed by atoms with Crippen molar-refractivity contribution in [2.24, 2.45) is 0 Å². The third-order valence-corrected chi connectivity index (χ3v) is 4.43. The fourth-order valence-electron chi connectivity index (χ4n) is 2.69. The van der Waals surface area contributed by atoms with E-state index >= 15 is 0 Å². The van der Waals surface area contributed by atoms with Crippen molar-refractivity contribution in [2.45, 2.75) is 32.2 Å². The molecule has 0 bridgehead atoms. The first-order chi connectivity index (χ1) is 10.3. The Hall–Kier alpha value is -1.88. The largest absolute Gasteiger partial charge is 0.461 e. The van der Waals surface area contributed by atoms with Crippen molar-refractivity contribution in [3.63, 3.8) is 0 Å². The summed E-state index contributed by atoms with van der Waals surface area (Å²) < 4.78 is 4.96. The van der Waals surface area contributed by atoms with E-state index in [0.717, 1.165) is 18.0 Å². The second-order valence-electron chi connectivity index (χ2n) is 5.05. The molecule has 1 N–H and O–H groups in total. The number of carbonyl (C=O) groups excluding carboxylic acids is 1. The van der Waals surface area contributed by atoms with Crippen LogP contribution in [-0.4, -0.2) is 17.6 Å². The quantitative estimate of drug-likeness (QED) is 0.873. The molecule has 0 saturated carbocycles. The van der Waals surface area contributed by atoms with Gasteiger partial charge in [0.25, 0.3) is 0 Å². The zero-order chi connectivity index (χ0) is 14.7. The Bertz CT molecular complexity index is 639. The topological polar surface area (TPSA) is 51.2 Å². The monoisotopic (exact) mass is 302 g/mol. The lowest BCUT2D eigenvalue weighted by Crippen LogP contribution is -2.17. The van der Waals surface area contributed by atoms with Crippen molar-refractivity contribution in [2.75, 3.05) is 11.9 Å². The molecule has 3 rings (SSSR count). The van der Waals surface area contributed by atoms with E-state index < -0.39 is 0 Å². The van der Waals surface area contributed by atoms with E-state index in [1.807, 2.05) is 0 Å². The van der Waals surface area contributed by atoms with Crippen molar-refractivity contribution in [1.29, 1.82) is 0 Å². The molecule has 5 heteroatoms. The summed E-state index contributed by atoms with van der Waals surface area (Å²) in [7, 11) is 0. The minimum absolute atomic E-state index is 0.274. The number of hydrogen-bond acceptors (Lipinski definition) is 5. The van der Waals surface area contributed by atoms with E-state index in [1.165, 1.54) is 28.9 Å². The van der Waals surface area contributed by atoms with E-state index in [4.69, 9.17) is 4.74 Å². The van der Waals surface area contributed by atoms with Gasteiger partial charge in [-0.3, -0.25) is 0 Å². The first-order valence-corrected chi connectivity index (χ1v) is 8.13. The molecule has 1 aliphatic rings. The van der Waals surface area contributed by atoms with E-state index in [9.17, 15) is 4.79 Å². The van der Waals surface area contributed by atoms with Crippen LogP contribution in [0.2, 0.25) is 0 Å². The minimum atomic E-state index is -0.356. The van der Waals surface area contributed by atoms with Crippen molar-refractivity contribution in [3.8, 4) is 0 Å². The average molecular weight is 302 g/mol. The molecular formula is C16H18N2O2S. The van der Waals surface area contributed by atoms with Crippen LogP contribution < -0.4 is 5.32 Å². The molecule has 1 aromatic carbocycles. The summed E-state index contributed by atoms with van der Waals surface area (Å²) >= 11 is 1.45. The highest BCUT2D eigenvalue weighted by Gasteiger charge is 2.21. The van der Waals surface area contributed by atoms with Gasteiger partial charge in [0.05, 0.1) is 12.6 Å². The highest BCUT2D eigenvalue weighted by Crippen LogP contribution is 2.33. The summed E-state index contributed by atoms with van der Waals surface area (Å²) in [5, 5.41) is 5.98. The summed E-state index contributed by atoms with van der Waals surface area (Å²) in [5.74, 6) is -0.356. The minimum Gasteiger partial charge on any atom is -0.461 e. The molecule has 4 nitrogen and oxygen atoms in total. The Balaban J connectivity index is 1.75. The number of anilines is 1. The van der Waals surface area contributed by atoms with Crippen molar-refractivity contribution >= 4 is 22.4 Å². The van der Waals surface area contributed by atoms with Crippen molar-refractivity contribution < 1.29 is 9.53 Å². The van der Waals surface area contributed by atoms with Gasteiger partial charge in [-0.25, -0.2) is 9.78 Å². The Labute approximate surface area is 128 Å². The zero-order valence-electron chi connectivity index (χ0n) is 12.0. The Kier molecular flexibility index (Phi) is 4.20. The Morgan fingerprint density at radius 2 is 2.33 bits per heavy atom. The molecule has 0 spiro atoms. The van der Waals surface area contributed by atoms with Crippen LogP contribution in [0.3, 0.4) is 0 Å². The van der Waals surface area contributed by atoms with Gasteiger partial charge in [0.15, 0.2) is 10.8 Å². The average Bonchev–Trinajstić information content (AvgIpc) is 2.97. The number of hydrogen-bond donors (Lipinski definition) is 1. The highest BCUT2D eigenvalue weighted by atomic mass is 32.1. The number of aryl methyl sites for hydroxylation is 1.